The molecule has 0 aromatic carbocycles. The van der Waals surface area contributed by atoms with Gasteiger partial charge in [0, 0.05) is 30.8 Å². The summed E-state index contributed by atoms with van der Waals surface area (Å²) in [4.78, 5) is 52.9. The van der Waals surface area contributed by atoms with Crippen LogP contribution >= 0.6 is 15.6 Å². The Morgan fingerprint density at radius 1 is 1.04 bits per heavy atom. The lowest BCUT2D eigenvalue weighted by Crippen LogP contribution is -2.45. The number of rotatable bonds is 12. The third-order valence-corrected chi connectivity index (χ3v) is 10.5. The molecule has 4 aromatic rings. The van der Waals surface area contributed by atoms with Crippen molar-refractivity contribution in [2.75, 3.05) is 13.2 Å². The van der Waals surface area contributed by atoms with Gasteiger partial charge in [0.15, 0.2) is 41.6 Å². The molecule has 0 spiro atoms. The van der Waals surface area contributed by atoms with E-state index in [2.05, 4.69) is 33.3 Å². The van der Waals surface area contributed by atoms with Crippen LogP contribution in [-0.4, -0.2) is 99.1 Å². The van der Waals surface area contributed by atoms with E-state index in [4.69, 9.17) is 10.5 Å². The van der Waals surface area contributed by atoms with Crippen LogP contribution in [0.25, 0.3) is 17.0 Å². The monoisotopic (exact) mass is 729 g/mol. The van der Waals surface area contributed by atoms with Crippen molar-refractivity contribution in [1.82, 2.24) is 35.2 Å². The predicted molar refractivity (Wildman–Crippen MR) is 157 cm³/mol. The Balaban J connectivity index is 0.00000468. The number of amides is 1. The van der Waals surface area contributed by atoms with Crippen molar-refractivity contribution >= 4 is 32.7 Å². The van der Waals surface area contributed by atoms with Gasteiger partial charge in [0.1, 0.15) is 42.6 Å². The van der Waals surface area contributed by atoms with Crippen molar-refractivity contribution in [3.63, 3.8) is 0 Å². The number of fused-ring (bicyclic) bond motifs is 1. The van der Waals surface area contributed by atoms with Gasteiger partial charge in [-0.15, -0.1) is 0 Å². The minimum Gasteiger partial charge on any atom is -0.756 e. The number of hydrogen-bond acceptors (Lipinski definition) is 17. The Labute approximate surface area is 276 Å². The van der Waals surface area contributed by atoms with Crippen LogP contribution in [0.5, 0.6) is 0 Å². The third-order valence-electron chi connectivity index (χ3n) is 8.00. The molecule has 24 heteroatoms. The largest absolute Gasteiger partial charge is 0.756 e. The standard InChI is InChI=1S/C25H30N8O13P2.H3N/c26-22(38)13-2-1-4-31(7-13)15-6-14(18(34)19(15)35)8-43-47(39,40)46-48(41,42)44-9-16-20(36)21(37)25(45-16)33-12-30-17-23(28-10-29-24(17)33)32-5-3-27-11-32;/h1-5,7,10-12,14-16,18-21,25,34-37H,6,8-9H2,(H3-,26,38,39,40,41,42);1H3/t14-,15-,16+,18-,19+,20+,21+,25+;/m1./s1. The van der Waals surface area contributed by atoms with E-state index in [9.17, 15) is 44.1 Å². The second-order valence-corrected chi connectivity index (χ2v) is 14.0. The van der Waals surface area contributed by atoms with E-state index in [1.165, 1.54) is 58.8 Å². The molecule has 5 heterocycles. The topological polar surface area (TPSA) is 343 Å². The first-order valence-corrected chi connectivity index (χ1v) is 17.1. The Kier molecular flexibility index (Phi) is 10.7. The number of imidazole rings is 2. The average molecular weight is 730 g/mol. The summed E-state index contributed by atoms with van der Waals surface area (Å²) in [6, 6.07) is 2.15. The Morgan fingerprint density at radius 3 is 2.47 bits per heavy atom. The number of aliphatic hydroxyl groups is 4. The number of ether oxygens (including phenoxy) is 1. The Morgan fingerprint density at radius 2 is 1.78 bits per heavy atom. The highest BCUT2D eigenvalue weighted by molar-refractivity contribution is 7.59. The number of nitrogens with two attached hydrogens (primary N) is 1. The fraction of sp³-hybridized carbons (Fsp3) is 0.440. The molecule has 10 N–H and O–H groups in total. The fourth-order valence-corrected chi connectivity index (χ4v) is 7.68. The molecule has 1 saturated carbocycles. The minimum atomic E-state index is -5.66. The van der Waals surface area contributed by atoms with E-state index in [0.29, 0.717) is 11.3 Å². The maximum atomic E-state index is 12.4. The summed E-state index contributed by atoms with van der Waals surface area (Å²) in [5.41, 5.74) is 5.93. The third kappa shape index (κ3) is 7.61. The number of aromatic nitrogens is 7. The number of phosphoric acid groups is 2. The van der Waals surface area contributed by atoms with Gasteiger partial charge in [0.2, 0.25) is 0 Å². The summed E-state index contributed by atoms with van der Waals surface area (Å²) in [7, 11) is -11.3. The zero-order chi connectivity index (χ0) is 34.4. The van der Waals surface area contributed by atoms with Crippen molar-refractivity contribution < 1.29 is 66.8 Å². The van der Waals surface area contributed by atoms with E-state index in [1.807, 2.05) is 0 Å². The molecule has 2 unspecified atom stereocenters. The molecule has 0 radical (unpaired) electrons. The lowest BCUT2D eigenvalue weighted by Gasteiger charge is -2.32. The van der Waals surface area contributed by atoms with Crippen LogP contribution < -0.4 is 26.2 Å². The number of nitrogens with zero attached hydrogens (tertiary/aromatic N) is 7. The summed E-state index contributed by atoms with van der Waals surface area (Å²) in [5, 5.41) is 42.2. The molecule has 1 saturated heterocycles. The molecule has 22 nitrogen and oxygen atoms in total. The SMILES string of the molecule is NC(=O)c1ccc[n+]([C@@H]2C[C@H](COP(=O)([O-])OP(=O)([O-])OC[C@@H]3O[C@H](n4cnc5c(-n6ccnc6)ncnc54)[C@@H](O)[C@H]3O)[C@@H](O)[C@H]2O)c1.[NH4+]. The second kappa shape index (κ2) is 14.3. The number of carbonyl (C=O) groups excluding carboxylic acids is 1. The smallest absolute Gasteiger partial charge is 0.274 e. The number of quaternary nitrogens is 1. The van der Waals surface area contributed by atoms with E-state index in [1.54, 1.807) is 10.8 Å². The van der Waals surface area contributed by atoms with Gasteiger partial charge in [-0.2, -0.15) is 4.57 Å². The zero-order valence-electron chi connectivity index (χ0n) is 25.5. The maximum Gasteiger partial charge on any atom is 0.274 e. The molecule has 0 bridgehead atoms. The first-order valence-electron chi connectivity index (χ1n) is 14.2. The van der Waals surface area contributed by atoms with E-state index in [-0.39, 0.29) is 23.8 Å². The molecule has 2 fully saturated rings. The highest BCUT2D eigenvalue weighted by atomic mass is 31.3. The molecule has 1 amide bonds. The van der Waals surface area contributed by atoms with E-state index >= 15 is 0 Å². The van der Waals surface area contributed by atoms with Crippen LogP contribution in [0.15, 0.2) is 55.9 Å². The Bertz CT molecular complexity index is 1880. The van der Waals surface area contributed by atoms with Crippen LogP contribution in [0.1, 0.15) is 29.0 Å². The Hall–Kier alpha value is -3.60. The van der Waals surface area contributed by atoms with Gasteiger partial charge >= 0.3 is 0 Å². The number of phosphoric ester groups is 2. The van der Waals surface area contributed by atoms with E-state index in [0.717, 1.165) is 0 Å². The first kappa shape index (κ1) is 36.7. The predicted octanol–water partition coefficient (Wildman–Crippen LogP) is -2.64. The molecule has 6 rings (SSSR count). The zero-order valence-corrected chi connectivity index (χ0v) is 27.3. The van der Waals surface area contributed by atoms with Crippen molar-refractivity contribution in [1.29, 1.82) is 0 Å². The van der Waals surface area contributed by atoms with Gasteiger partial charge in [0.25, 0.3) is 21.6 Å². The summed E-state index contributed by atoms with van der Waals surface area (Å²) in [6.07, 6.45) is 1.03. The maximum absolute atomic E-state index is 12.4. The number of pyridine rings is 1. The van der Waals surface area contributed by atoms with Crippen LogP contribution in [0.4, 0.5) is 0 Å². The van der Waals surface area contributed by atoms with Crippen molar-refractivity contribution in [2.45, 2.75) is 49.2 Å². The molecule has 266 valence electrons. The lowest BCUT2D eigenvalue weighted by molar-refractivity contribution is -0.728. The molecule has 1 aliphatic carbocycles. The van der Waals surface area contributed by atoms with Crippen LogP contribution in [0, 0.1) is 5.92 Å². The van der Waals surface area contributed by atoms with Crippen molar-refractivity contribution in [2.24, 2.45) is 11.7 Å². The number of carbonyl (C=O) groups is 1. The van der Waals surface area contributed by atoms with Crippen LogP contribution in [-0.2, 0) is 27.2 Å². The average Bonchev–Trinajstić information content (AvgIpc) is 3.83. The summed E-state index contributed by atoms with van der Waals surface area (Å²) in [5.74, 6) is -1.35. The van der Waals surface area contributed by atoms with Crippen LogP contribution in [0.3, 0.4) is 0 Å². The summed E-state index contributed by atoms with van der Waals surface area (Å²) in [6.45, 7) is -1.73. The molecule has 2 aliphatic rings. The summed E-state index contributed by atoms with van der Waals surface area (Å²) < 4.78 is 48.2. The molecule has 10 atom stereocenters. The normalized spacial score (nSPS) is 29.3. The highest BCUT2D eigenvalue weighted by Crippen LogP contribution is 2.56. The molecule has 49 heavy (non-hydrogen) atoms. The van der Waals surface area contributed by atoms with Gasteiger partial charge in [-0.25, -0.2) is 24.2 Å². The minimum absolute atomic E-state index is 0. The van der Waals surface area contributed by atoms with Gasteiger partial charge in [0.05, 0.1) is 25.6 Å². The van der Waals surface area contributed by atoms with Gasteiger partial charge in [-0.3, -0.25) is 23.1 Å². The molecule has 4 aromatic heterocycles. The number of aliphatic hydroxyl groups excluding tert-OH is 4. The van der Waals surface area contributed by atoms with Gasteiger partial charge < -0.3 is 55.9 Å². The molecular formula is C25H33N9O13P2. The van der Waals surface area contributed by atoms with Gasteiger partial charge in [-0.05, 0) is 6.07 Å². The molecule has 1 aliphatic heterocycles. The van der Waals surface area contributed by atoms with Crippen molar-refractivity contribution in [3.8, 4) is 5.82 Å². The quantitative estimate of drug-likeness (QED) is 0.0641. The number of hydrogen-bond donors (Lipinski definition) is 6. The van der Waals surface area contributed by atoms with E-state index < -0.39 is 83.5 Å². The first-order chi connectivity index (χ1) is 22.7. The van der Waals surface area contributed by atoms with Gasteiger partial charge in [-0.1, -0.05) is 0 Å². The highest BCUT2D eigenvalue weighted by Gasteiger charge is 2.48. The lowest BCUT2D eigenvalue weighted by atomic mass is 10.1. The second-order valence-electron chi connectivity index (χ2n) is 11.1. The fourth-order valence-electron chi connectivity index (χ4n) is 5.62. The molecular weight excluding hydrogens is 696 g/mol. The van der Waals surface area contributed by atoms with Crippen molar-refractivity contribution in [3.05, 3.63) is 61.5 Å². The number of primary amides is 1. The van der Waals surface area contributed by atoms with Crippen LogP contribution in [0.2, 0.25) is 0 Å². The summed E-state index contributed by atoms with van der Waals surface area (Å²) >= 11 is 0.